The largest absolute Gasteiger partial charge is 0.455 e. The van der Waals surface area contributed by atoms with Crippen molar-refractivity contribution in [1.82, 2.24) is 14.8 Å². The monoisotopic (exact) mass is 388 g/mol. The van der Waals surface area contributed by atoms with Crippen molar-refractivity contribution in [2.75, 3.05) is 11.9 Å². The number of H-pyrrole nitrogens is 1. The number of nitrogens with zero attached hydrogens (tertiary/aromatic N) is 2. The van der Waals surface area contributed by atoms with Gasteiger partial charge in [-0.3, -0.25) is 9.59 Å². The highest BCUT2D eigenvalue weighted by Gasteiger charge is 2.14. The predicted molar refractivity (Wildman–Crippen MR) is 110 cm³/mol. The van der Waals surface area contributed by atoms with Gasteiger partial charge in [0.2, 0.25) is 0 Å². The summed E-state index contributed by atoms with van der Waals surface area (Å²) < 4.78 is 6.80. The molecule has 2 aromatic carbocycles. The van der Waals surface area contributed by atoms with E-state index in [1.54, 1.807) is 16.9 Å². The lowest BCUT2D eigenvalue weighted by Crippen LogP contribution is -2.23. The molecule has 0 radical (unpaired) electrons. The first-order valence-corrected chi connectivity index (χ1v) is 9.23. The topological polar surface area (TPSA) is 89.0 Å². The molecule has 0 saturated carbocycles. The number of aromatic nitrogens is 3. The number of fused-ring (bicyclic) bond motifs is 1. The maximum absolute atomic E-state index is 12.3. The van der Waals surface area contributed by atoms with Crippen LogP contribution in [0, 0.1) is 6.92 Å². The lowest BCUT2D eigenvalue weighted by molar-refractivity contribution is -0.146. The molecule has 4 aromatic rings. The highest BCUT2D eigenvalue weighted by molar-refractivity contribution is 5.93. The zero-order valence-electron chi connectivity index (χ0n) is 15.9. The summed E-state index contributed by atoms with van der Waals surface area (Å²) in [5.74, 6) is -0.363. The quantitative estimate of drug-likeness (QED) is 0.496. The van der Waals surface area contributed by atoms with Gasteiger partial charge >= 0.3 is 5.97 Å². The fourth-order valence-corrected chi connectivity index (χ4v) is 3.16. The Morgan fingerprint density at radius 3 is 2.69 bits per heavy atom. The Balaban J connectivity index is 1.36. The number of carbonyl (C=O) groups is 2. The molecule has 146 valence electrons. The van der Waals surface area contributed by atoms with Gasteiger partial charge in [0.1, 0.15) is 5.82 Å². The minimum Gasteiger partial charge on any atom is -0.455 e. The molecule has 2 aromatic heterocycles. The van der Waals surface area contributed by atoms with E-state index in [-0.39, 0.29) is 13.0 Å². The lowest BCUT2D eigenvalue weighted by Gasteiger charge is -2.09. The maximum Gasteiger partial charge on any atom is 0.310 e. The van der Waals surface area contributed by atoms with Crippen LogP contribution in [0.25, 0.3) is 16.6 Å². The van der Waals surface area contributed by atoms with Gasteiger partial charge < -0.3 is 15.0 Å². The van der Waals surface area contributed by atoms with E-state index >= 15 is 0 Å². The highest BCUT2D eigenvalue weighted by atomic mass is 16.5. The van der Waals surface area contributed by atoms with Gasteiger partial charge in [-0.2, -0.15) is 5.10 Å². The third kappa shape index (κ3) is 4.19. The molecule has 0 atom stereocenters. The van der Waals surface area contributed by atoms with Gasteiger partial charge in [0.05, 0.1) is 17.8 Å². The van der Waals surface area contributed by atoms with Crippen molar-refractivity contribution in [2.45, 2.75) is 13.3 Å². The van der Waals surface area contributed by atoms with Crippen LogP contribution in [0.3, 0.4) is 0 Å². The number of carbonyl (C=O) groups excluding carboxylic acids is 2. The molecule has 4 rings (SSSR count). The minimum atomic E-state index is -0.461. The number of amides is 1. The van der Waals surface area contributed by atoms with E-state index < -0.39 is 11.9 Å². The molecule has 7 heteroatoms. The van der Waals surface area contributed by atoms with Gasteiger partial charge in [-0.1, -0.05) is 36.4 Å². The Kier molecular flexibility index (Phi) is 5.11. The average molecular weight is 388 g/mol. The van der Waals surface area contributed by atoms with Crippen molar-refractivity contribution >= 4 is 28.6 Å². The molecule has 0 aliphatic heterocycles. The third-order valence-corrected chi connectivity index (χ3v) is 4.47. The van der Waals surface area contributed by atoms with E-state index in [4.69, 9.17) is 4.74 Å². The number of hydrogen-bond donors (Lipinski definition) is 2. The van der Waals surface area contributed by atoms with Crippen LogP contribution >= 0.6 is 0 Å². The normalized spacial score (nSPS) is 10.8. The van der Waals surface area contributed by atoms with E-state index in [9.17, 15) is 9.59 Å². The van der Waals surface area contributed by atoms with Gasteiger partial charge in [-0.25, -0.2) is 4.68 Å². The molecule has 2 N–H and O–H groups in total. The number of esters is 1. The van der Waals surface area contributed by atoms with Crippen molar-refractivity contribution in [2.24, 2.45) is 0 Å². The molecule has 0 aliphatic rings. The van der Waals surface area contributed by atoms with E-state index in [1.165, 1.54) is 0 Å². The first-order chi connectivity index (χ1) is 14.1. The molecule has 0 aliphatic carbocycles. The Labute approximate surface area is 167 Å². The van der Waals surface area contributed by atoms with Crippen molar-refractivity contribution in [3.8, 4) is 5.69 Å². The molecule has 0 bridgehead atoms. The summed E-state index contributed by atoms with van der Waals surface area (Å²) in [6, 6.07) is 19.0. The number of rotatable bonds is 6. The maximum atomic E-state index is 12.3. The molecule has 0 saturated heterocycles. The smallest absolute Gasteiger partial charge is 0.310 e. The number of benzene rings is 2. The van der Waals surface area contributed by atoms with Crippen LogP contribution < -0.4 is 5.32 Å². The van der Waals surface area contributed by atoms with Crippen LogP contribution in [0.1, 0.15) is 11.3 Å². The summed E-state index contributed by atoms with van der Waals surface area (Å²) >= 11 is 0. The Morgan fingerprint density at radius 1 is 1.10 bits per heavy atom. The molecule has 0 fully saturated rings. The second kappa shape index (κ2) is 8.02. The number of aryl methyl sites for hydroxylation is 1. The van der Waals surface area contributed by atoms with Gasteiger partial charge in [0, 0.05) is 23.2 Å². The number of ether oxygens (including phenoxy) is 1. The van der Waals surface area contributed by atoms with Crippen LogP contribution in [-0.2, 0) is 20.7 Å². The molecule has 0 unspecified atom stereocenters. The van der Waals surface area contributed by atoms with Crippen LogP contribution in [0.5, 0.6) is 0 Å². The first-order valence-electron chi connectivity index (χ1n) is 9.23. The van der Waals surface area contributed by atoms with Crippen LogP contribution in [0.15, 0.2) is 66.9 Å². The second-order valence-corrected chi connectivity index (χ2v) is 6.66. The number of para-hydroxylation sites is 2. The van der Waals surface area contributed by atoms with E-state index in [0.717, 1.165) is 27.8 Å². The SMILES string of the molecule is Cc1cc(NC(=O)COC(=O)Cc2c[nH]c3ccccc23)n(-c2ccccc2)n1. The van der Waals surface area contributed by atoms with Crippen molar-refractivity contribution in [3.63, 3.8) is 0 Å². The fourth-order valence-electron chi connectivity index (χ4n) is 3.16. The van der Waals surface area contributed by atoms with E-state index in [0.29, 0.717) is 5.82 Å². The highest BCUT2D eigenvalue weighted by Crippen LogP contribution is 2.19. The number of hydrogen-bond acceptors (Lipinski definition) is 4. The predicted octanol–water partition coefficient (Wildman–Crippen LogP) is 3.39. The summed E-state index contributed by atoms with van der Waals surface area (Å²) in [6.45, 7) is 1.48. The molecule has 29 heavy (non-hydrogen) atoms. The molecule has 2 heterocycles. The number of nitrogens with one attached hydrogen (secondary N) is 2. The summed E-state index contributed by atoms with van der Waals surface area (Å²) in [7, 11) is 0. The zero-order valence-corrected chi connectivity index (χ0v) is 15.9. The lowest BCUT2D eigenvalue weighted by atomic mass is 10.1. The summed E-state index contributed by atoms with van der Waals surface area (Å²) in [6.07, 6.45) is 1.88. The number of aromatic amines is 1. The van der Waals surface area contributed by atoms with Crippen molar-refractivity contribution < 1.29 is 14.3 Å². The summed E-state index contributed by atoms with van der Waals surface area (Å²) in [4.78, 5) is 27.6. The van der Waals surface area contributed by atoms with Crippen LogP contribution in [0.2, 0.25) is 0 Å². The van der Waals surface area contributed by atoms with Crippen LogP contribution in [0.4, 0.5) is 5.82 Å². The van der Waals surface area contributed by atoms with Crippen LogP contribution in [-0.4, -0.2) is 33.2 Å². The van der Waals surface area contributed by atoms with Gasteiger partial charge in [0.15, 0.2) is 6.61 Å². The van der Waals surface area contributed by atoms with Gasteiger partial charge in [0.25, 0.3) is 5.91 Å². The summed E-state index contributed by atoms with van der Waals surface area (Å²) in [5.41, 5.74) is 3.38. The minimum absolute atomic E-state index is 0.0956. The van der Waals surface area contributed by atoms with Crippen molar-refractivity contribution in [3.05, 3.63) is 78.1 Å². The van der Waals surface area contributed by atoms with Crippen molar-refractivity contribution in [1.29, 1.82) is 0 Å². The Bertz CT molecular complexity index is 1160. The first kappa shape index (κ1) is 18.5. The number of anilines is 1. The van der Waals surface area contributed by atoms with Gasteiger partial charge in [-0.05, 0) is 30.7 Å². The molecule has 7 nitrogen and oxygen atoms in total. The van der Waals surface area contributed by atoms with Gasteiger partial charge in [-0.15, -0.1) is 0 Å². The molecule has 0 spiro atoms. The standard InChI is InChI=1S/C22H20N4O3/c1-15-11-20(26(25-15)17-7-3-2-4-8-17)24-21(27)14-29-22(28)12-16-13-23-19-10-6-5-9-18(16)19/h2-11,13,23H,12,14H2,1H3,(H,24,27). The summed E-state index contributed by atoms with van der Waals surface area (Å²) in [5, 5.41) is 8.12. The Hall–Kier alpha value is -3.87. The Morgan fingerprint density at radius 2 is 1.86 bits per heavy atom. The zero-order chi connectivity index (χ0) is 20.2. The van der Waals surface area contributed by atoms with E-state index in [2.05, 4.69) is 15.4 Å². The molecular weight excluding hydrogens is 368 g/mol. The fraction of sp³-hybridized carbons (Fsp3) is 0.136. The second-order valence-electron chi connectivity index (χ2n) is 6.66. The average Bonchev–Trinajstić information content (AvgIpc) is 3.30. The molecule has 1 amide bonds. The third-order valence-electron chi connectivity index (χ3n) is 4.47. The van der Waals surface area contributed by atoms with E-state index in [1.807, 2.05) is 61.5 Å². The molecular formula is C22H20N4O3.